The van der Waals surface area contributed by atoms with Gasteiger partial charge in [-0.05, 0) is 78.5 Å². The number of aryl methyl sites for hydroxylation is 1. The first-order valence-corrected chi connectivity index (χ1v) is 9.27. The fourth-order valence-corrected chi connectivity index (χ4v) is 5.79. The number of aliphatic hydroxyl groups is 2. The van der Waals surface area contributed by atoms with Crippen LogP contribution in [0.15, 0.2) is 30.9 Å². The maximum absolute atomic E-state index is 10.5. The second kappa shape index (κ2) is 5.89. The molecule has 3 aliphatic rings. The van der Waals surface area contributed by atoms with Crippen LogP contribution in [-0.2, 0) is 6.42 Å². The zero-order valence-electron chi connectivity index (χ0n) is 14.4. The van der Waals surface area contributed by atoms with Crippen molar-refractivity contribution in [2.75, 3.05) is 6.61 Å². The summed E-state index contributed by atoms with van der Waals surface area (Å²) in [6, 6.07) is 6.52. The van der Waals surface area contributed by atoms with Crippen LogP contribution in [0.2, 0.25) is 0 Å². The summed E-state index contributed by atoms with van der Waals surface area (Å²) in [5.74, 6) is 2.52. The number of ether oxygens (including phenoxy) is 1. The Morgan fingerprint density at radius 1 is 1.33 bits per heavy atom. The molecule has 1 aromatic carbocycles. The van der Waals surface area contributed by atoms with Gasteiger partial charge in [0.05, 0.1) is 12.2 Å². The molecule has 6 atom stereocenters. The van der Waals surface area contributed by atoms with Crippen molar-refractivity contribution < 1.29 is 14.9 Å². The molecule has 0 aliphatic heterocycles. The summed E-state index contributed by atoms with van der Waals surface area (Å²) >= 11 is 0. The van der Waals surface area contributed by atoms with Crippen LogP contribution in [0, 0.1) is 17.3 Å². The minimum atomic E-state index is -0.556. The van der Waals surface area contributed by atoms with E-state index in [2.05, 4.69) is 31.7 Å². The lowest BCUT2D eigenvalue weighted by Gasteiger charge is -2.49. The van der Waals surface area contributed by atoms with Gasteiger partial charge in [-0.25, -0.2) is 0 Å². The molecule has 0 saturated heterocycles. The van der Waals surface area contributed by atoms with Crippen LogP contribution in [0.25, 0.3) is 0 Å². The largest absolute Gasteiger partial charge is 0.490 e. The fourth-order valence-electron chi connectivity index (χ4n) is 5.79. The van der Waals surface area contributed by atoms with E-state index in [4.69, 9.17) is 4.74 Å². The molecule has 3 heteroatoms. The molecule has 0 bridgehead atoms. The third kappa shape index (κ3) is 2.33. The summed E-state index contributed by atoms with van der Waals surface area (Å²) in [6.07, 6.45) is 5.77. The van der Waals surface area contributed by atoms with E-state index >= 15 is 0 Å². The summed E-state index contributed by atoms with van der Waals surface area (Å²) in [7, 11) is 0. The summed E-state index contributed by atoms with van der Waals surface area (Å²) in [4.78, 5) is 0. The predicted molar refractivity (Wildman–Crippen MR) is 94.1 cm³/mol. The topological polar surface area (TPSA) is 49.7 Å². The van der Waals surface area contributed by atoms with Gasteiger partial charge in [0.2, 0.25) is 0 Å². The molecular weight excluding hydrogens is 300 g/mol. The van der Waals surface area contributed by atoms with Crippen molar-refractivity contribution in [3.8, 4) is 5.75 Å². The molecule has 2 fully saturated rings. The Kier molecular flexibility index (Phi) is 3.97. The monoisotopic (exact) mass is 328 g/mol. The van der Waals surface area contributed by atoms with E-state index in [1.54, 1.807) is 6.08 Å². The minimum Gasteiger partial charge on any atom is -0.490 e. The zero-order chi connectivity index (χ0) is 16.9. The average molecular weight is 328 g/mol. The molecule has 2 N–H and O–H groups in total. The van der Waals surface area contributed by atoms with E-state index in [1.807, 2.05) is 0 Å². The third-order valence-electron chi connectivity index (χ3n) is 7.04. The van der Waals surface area contributed by atoms with Gasteiger partial charge in [-0.1, -0.05) is 25.6 Å². The van der Waals surface area contributed by atoms with E-state index in [1.165, 1.54) is 11.1 Å². The minimum absolute atomic E-state index is 0.106. The molecule has 3 nitrogen and oxygen atoms in total. The molecule has 130 valence electrons. The van der Waals surface area contributed by atoms with Gasteiger partial charge in [0.25, 0.3) is 0 Å². The quantitative estimate of drug-likeness (QED) is 0.836. The zero-order valence-corrected chi connectivity index (χ0v) is 14.4. The second-order valence-electron chi connectivity index (χ2n) is 8.17. The molecule has 2 saturated carbocycles. The molecule has 6 unspecified atom stereocenters. The van der Waals surface area contributed by atoms with Crippen LogP contribution in [0.1, 0.15) is 49.7 Å². The molecule has 0 heterocycles. The van der Waals surface area contributed by atoms with Crippen LogP contribution >= 0.6 is 0 Å². The highest BCUT2D eigenvalue weighted by atomic mass is 16.5. The van der Waals surface area contributed by atoms with Crippen LogP contribution in [0.4, 0.5) is 0 Å². The summed E-state index contributed by atoms with van der Waals surface area (Å²) in [5.41, 5.74) is 2.78. The average Bonchev–Trinajstić information content (AvgIpc) is 2.83. The van der Waals surface area contributed by atoms with Crippen LogP contribution in [-0.4, -0.2) is 29.0 Å². The SMILES string of the molecule is C=CCOc1ccc2c(c1)CCC1C2CCC2(C)C(O)C(O)CC12. The van der Waals surface area contributed by atoms with Crippen molar-refractivity contribution >= 4 is 0 Å². The number of rotatable bonds is 3. The molecule has 0 radical (unpaired) electrons. The first-order chi connectivity index (χ1) is 11.5. The molecule has 0 amide bonds. The Bertz CT molecular complexity index is 640. The van der Waals surface area contributed by atoms with Crippen LogP contribution in [0.3, 0.4) is 0 Å². The van der Waals surface area contributed by atoms with Crippen LogP contribution in [0.5, 0.6) is 5.75 Å². The molecule has 0 spiro atoms. The molecular formula is C21H28O3. The van der Waals surface area contributed by atoms with Crippen molar-refractivity contribution in [1.82, 2.24) is 0 Å². The lowest BCUT2D eigenvalue weighted by Crippen LogP contribution is -2.44. The number of aliphatic hydroxyl groups excluding tert-OH is 2. The maximum Gasteiger partial charge on any atom is 0.120 e. The van der Waals surface area contributed by atoms with Crippen molar-refractivity contribution in [3.63, 3.8) is 0 Å². The number of hydrogen-bond donors (Lipinski definition) is 2. The molecule has 0 aromatic heterocycles. The Morgan fingerprint density at radius 3 is 2.96 bits per heavy atom. The van der Waals surface area contributed by atoms with E-state index in [9.17, 15) is 10.2 Å². The van der Waals surface area contributed by atoms with E-state index in [0.29, 0.717) is 24.4 Å². The highest BCUT2D eigenvalue weighted by Gasteiger charge is 2.57. The highest BCUT2D eigenvalue weighted by molar-refractivity contribution is 5.41. The van der Waals surface area contributed by atoms with Gasteiger partial charge in [0, 0.05) is 0 Å². The van der Waals surface area contributed by atoms with Crippen molar-refractivity contribution in [1.29, 1.82) is 0 Å². The predicted octanol–water partition coefficient (Wildman–Crippen LogP) is 3.44. The standard InChI is InChI=1S/C21H28O3/c1-3-10-24-14-5-7-15-13(11-14)4-6-17-16(15)8-9-21(2)18(17)12-19(22)20(21)23/h3,5,7,11,16-20,22-23H,1,4,6,8-10,12H2,2H3. The summed E-state index contributed by atoms with van der Waals surface area (Å²) in [5, 5.41) is 20.7. The normalized spacial score (nSPS) is 40.4. The Balaban J connectivity index is 1.61. The first-order valence-electron chi connectivity index (χ1n) is 9.27. The Hall–Kier alpha value is -1.32. The smallest absolute Gasteiger partial charge is 0.120 e. The number of benzene rings is 1. The van der Waals surface area contributed by atoms with E-state index in [0.717, 1.165) is 37.9 Å². The number of fused-ring (bicyclic) bond motifs is 5. The van der Waals surface area contributed by atoms with Gasteiger partial charge in [-0.15, -0.1) is 0 Å². The van der Waals surface area contributed by atoms with E-state index in [-0.39, 0.29) is 5.41 Å². The van der Waals surface area contributed by atoms with Gasteiger partial charge < -0.3 is 14.9 Å². The van der Waals surface area contributed by atoms with Gasteiger partial charge in [0.15, 0.2) is 0 Å². The summed E-state index contributed by atoms with van der Waals surface area (Å²) in [6.45, 7) is 6.43. The molecule has 1 aromatic rings. The van der Waals surface area contributed by atoms with Crippen molar-refractivity contribution in [2.24, 2.45) is 17.3 Å². The molecule has 3 aliphatic carbocycles. The van der Waals surface area contributed by atoms with Gasteiger partial charge >= 0.3 is 0 Å². The molecule has 4 rings (SSSR count). The Labute approximate surface area is 144 Å². The number of hydrogen-bond acceptors (Lipinski definition) is 3. The summed E-state index contributed by atoms with van der Waals surface area (Å²) < 4.78 is 5.69. The second-order valence-corrected chi connectivity index (χ2v) is 8.17. The first kappa shape index (κ1) is 16.2. The lowest BCUT2D eigenvalue weighted by molar-refractivity contribution is -0.0505. The highest BCUT2D eigenvalue weighted by Crippen LogP contribution is 2.60. The van der Waals surface area contributed by atoms with Crippen molar-refractivity contribution in [2.45, 2.75) is 57.2 Å². The lowest BCUT2D eigenvalue weighted by atomic mass is 9.55. The third-order valence-corrected chi connectivity index (χ3v) is 7.04. The maximum atomic E-state index is 10.5. The van der Waals surface area contributed by atoms with Gasteiger partial charge in [-0.2, -0.15) is 0 Å². The van der Waals surface area contributed by atoms with E-state index < -0.39 is 12.2 Å². The fraction of sp³-hybridized carbons (Fsp3) is 0.619. The Morgan fingerprint density at radius 2 is 2.17 bits per heavy atom. The van der Waals surface area contributed by atoms with Gasteiger partial charge in [-0.3, -0.25) is 0 Å². The van der Waals surface area contributed by atoms with Crippen LogP contribution < -0.4 is 4.74 Å². The van der Waals surface area contributed by atoms with Crippen molar-refractivity contribution in [3.05, 3.63) is 42.0 Å². The van der Waals surface area contributed by atoms with Gasteiger partial charge in [0.1, 0.15) is 12.4 Å². The molecule has 24 heavy (non-hydrogen) atoms.